The van der Waals surface area contributed by atoms with Crippen molar-refractivity contribution in [2.24, 2.45) is 5.92 Å². The molecule has 0 atom stereocenters. The molecule has 0 unspecified atom stereocenters. The van der Waals surface area contributed by atoms with Crippen LogP contribution in [0.2, 0.25) is 0 Å². The number of furan rings is 1. The average Bonchev–Trinajstić information content (AvgIpc) is 3.16. The van der Waals surface area contributed by atoms with E-state index in [9.17, 15) is 14.0 Å². The number of carbonyl (C=O) groups excluding carboxylic acids is 2. The molecule has 1 aromatic carbocycles. The molecule has 1 fully saturated rings. The third-order valence-corrected chi connectivity index (χ3v) is 4.59. The van der Waals surface area contributed by atoms with Crippen molar-refractivity contribution < 1.29 is 18.4 Å². The summed E-state index contributed by atoms with van der Waals surface area (Å²) in [5, 5.41) is 2.86. The van der Waals surface area contributed by atoms with E-state index in [-0.39, 0.29) is 23.5 Å². The van der Waals surface area contributed by atoms with Gasteiger partial charge in [-0.05, 0) is 49.1 Å². The van der Waals surface area contributed by atoms with Gasteiger partial charge in [-0.25, -0.2) is 4.39 Å². The van der Waals surface area contributed by atoms with Crippen LogP contribution in [0.25, 0.3) is 0 Å². The number of nitrogens with zero attached hydrogens (tertiary/aromatic N) is 1. The summed E-state index contributed by atoms with van der Waals surface area (Å²) >= 11 is 0. The molecule has 0 saturated carbocycles. The average molecular weight is 344 g/mol. The van der Waals surface area contributed by atoms with E-state index in [1.165, 1.54) is 12.3 Å². The molecule has 1 N–H and O–H groups in total. The first-order valence-electron chi connectivity index (χ1n) is 8.40. The Labute approximate surface area is 145 Å². The first-order valence-corrected chi connectivity index (χ1v) is 8.40. The Hall–Kier alpha value is -2.63. The van der Waals surface area contributed by atoms with E-state index in [4.69, 9.17) is 4.42 Å². The molecule has 1 saturated heterocycles. The summed E-state index contributed by atoms with van der Waals surface area (Å²) in [5.41, 5.74) is 1.32. The van der Waals surface area contributed by atoms with Crippen LogP contribution in [0.3, 0.4) is 0 Å². The van der Waals surface area contributed by atoms with Crippen LogP contribution in [-0.2, 0) is 11.3 Å². The van der Waals surface area contributed by atoms with Crippen molar-refractivity contribution in [1.82, 2.24) is 10.2 Å². The van der Waals surface area contributed by atoms with Crippen molar-refractivity contribution in [2.45, 2.75) is 26.3 Å². The summed E-state index contributed by atoms with van der Waals surface area (Å²) in [4.78, 5) is 26.2. The van der Waals surface area contributed by atoms with Crippen LogP contribution in [-0.4, -0.2) is 29.8 Å². The predicted molar refractivity (Wildman–Crippen MR) is 90.3 cm³/mol. The molecule has 1 aliphatic rings. The lowest BCUT2D eigenvalue weighted by Gasteiger charge is -2.30. The van der Waals surface area contributed by atoms with Crippen LogP contribution >= 0.6 is 0 Å². The molecular formula is C19H21FN2O3. The van der Waals surface area contributed by atoms with E-state index in [2.05, 4.69) is 5.32 Å². The molecule has 5 nitrogen and oxygen atoms in total. The van der Waals surface area contributed by atoms with Gasteiger partial charge < -0.3 is 14.6 Å². The Morgan fingerprint density at radius 1 is 1.28 bits per heavy atom. The highest BCUT2D eigenvalue weighted by atomic mass is 19.1. The Balaban J connectivity index is 1.48. The lowest BCUT2D eigenvalue weighted by atomic mass is 9.95. The first-order chi connectivity index (χ1) is 12.0. The van der Waals surface area contributed by atoms with Crippen LogP contribution in [0, 0.1) is 18.7 Å². The smallest absolute Gasteiger partial charge is 0.289 e. The SMILES string of the molecule is Cc1ccc(CNC(=O)C2CCN(C(=O)c3ccco3)CC2)cc1F. The number of rotatable bonds is 4. The zero-order valence-corrected chi connectivity index (χ0v) is 14.1. The van der Waals surface area contributed by atoms with Crippen LogP contribution in [0.1, 0.15) is 34.5 Å². The highest BCUT2D eigenvalue weighted by Crippen LogP contribution is 2.20. The molecule has 0 spiro atoms. The Bertz CT molecular complexity index is 750. The number of likely N-dealkylation sites (tertiary alicyclic amines) is 1. The van der Waals surface area contributed by atoms with Crippen LogP contribution < -0.4 is 5.32 Å². The summed E-state index contributed by atoms with van der Waals surface area (Å²) in [6.45, 7) is 3.06. The Kier molecular flexibility index (Phi) is 5.16. The van der Waals surface area contributed by atoms with E-state index in [1.54, 1.807) is 30.0 Å². The molecule has 6 heteroatoms. The molecule has 2 amide bonds. The molecule has 132 valence electrons. The second kappa shape index (κ2) is 7.51. The van der Waals surface area contributed by atoms with Gasteiger partial charge in [-0.1, -0.05) is 12.1 Å². The Morgan fingerprint density at radius 2 is 2.04 bits per heavy atom. The van der Waals surface area contributed by atoms with Gasteiger partial charge in [0.1, 0.15) is 5.82 Å². The summed E-state index contributed by atoms with van der Waals surface area (Å²) in [7, 11) is 0. The molecule has 2 heterocycles. The van der Waals surface area contributed by atoms with Gasteiger partial charge in [0.05, 0.1) is 6.26 Å². The van der Waals surface area contributed by atoms with Crippen molar-refractivity contribution in [3.63, 3.8) is 0 Å². The molecule has 1 aliphatic heterocycles. The van der Waals surface area contributed by atoms with Gasteiger partial charge in [-0.3, -0.25) is 9.59 Å². The highest BCUT2D eigenvalue weighted by molar-refractivity contribution is 5.91. The molecule has 3 rings (SSSR count). The summed E-state index contributed by atoms with van der Waals surface area (Å²) in [6.07, 6.45) is 2.70. The van der Waals surface area contributed by atoms with Crippen LogP contribution in [0.4, 0.5) is 4.39 Å². The minimum atomic E-state index is -0.267. The number of amides is 2. The number of benzene rings is 1. The van der Waals surface area contributed by atoms with Gasteiger partial charge in [0.2, 0.25) is 5.91 Å². The molecule has 0 aliphatic carbocycles. The van der Waals surface area contributed by atoms with E-state index in [0.717, 1.165) is 5.56 Å². The van der Waals surface area contributed by atoms with Crippen LogP contribution in [0.15, 0.2) is 41.0 Å². The maximum atomic E-state index is 13.5. The third-order valence-electron chi connectivity index (χ3n) is 4.59. The topological polar surface area (TPSA) is 62.6 Å². The lowest BCUT2D eigenvalue weighted by molar-refractivity contribution is -0.126. The van der Waals surface area contributed by atoms with Gasteiger partial charge in [-0.15, -0.1) is 0 Å². The molecule has 0 bridgehead atoms. The zero-order chi connectivity index (χ0) is 17.8. The quantitative estimate of drug-likeness (QED) is 0.928. The van der Waals surface area contributed by atoms with Gasteiger partial charge in [-0.2, -0.15) is 0 Å². The molecule has 1 aromatic heterocycles. The number of hydrogen-bond donors (Lipinski definition) is 1. The number of carbonyl (C=O) groups is 2. The second-order valence-corrected chi connectivity index (χ2v) is 6.35. The fraction of sp³-hybridized carbons (Fsp3) is 0.368. The number of hydrogen-bond acceptors (Lipinski definition) is 3. The molecule has 2 aromatic rings. The largest absolute Gasteiger partial charge is 0.459 e. The van der Waals surface area contributed by atoms with Gasteiger partial charge >= 0.3 is 0 Å². The summed E-state index contributed by atoms with van der Waals surface area (Å²) < 4.78 is 18.7. The Morgan fingerprint density at radius 3 is 2.68 bits per heavy atom. The standard InChI is InChI=1S/C19H21FN2O3/c1-13-4-5-14(11-16(13)20)12-21-18(23)15-6-8-22(9-7-15)19(24)17-3-2-10-25-17/h2-5,10-11,15H,6-9,12H2,1H3,(H,21,23). The lowest BCUT2D eigenvalue weighted by Crippen LogP contribution is -2.42. The van der Waals surface area contributed by atoms with Crippen molar-refractivity contribution in [1.29, 1.82) is 0 Å². The normalized spacial score (nSPS) is 15.2. The van der Waals surface area contributed by atoms with Gasteiger partial charge in [0.25, 0.3) is 5.91 Å². The fourth-order valence-corrected chi connectivity index (χ4v) is 2.98. The maximum Gasteiger partial charge on any atom is 0.289 e. The maximum absolute atomic E-state index is 13.5. The van der Waals surface area contributed by atoms with Gasteiger partial charge in [0.15, 0.2) is 5.76 Å². The second-order valence-electron chi connectivity index (χ2n) is 6.35. The van der Waals surface area contributed by atoms with Gasteiger partial charge in [0, 0.05) is 25.6 Å². The van der Waals surface area contributed by atoms with Crippen molar-refractivity contribution in [2.75, 3.05) is 13.1 Å². The van der Waals surface area contributed by atoms with E-state index >= 15 is 0 Å². The van der Waals surface area contributed by atoms with E-state index < -0.39 is 0 Å². The molecular weight excluding hydrogens is 323 g/mol. The predicted octanol–water partition coefficient (Wildman–Crippen LogP) is 2.90. The first kappa shape index (κ1) is 17.2. The minimum Gasteiger partial charge on any atom is -0.459 e. The number of nitrogens with one attached hydrogen (secondary N) is 1. The zero-order valence-electron chi connectivity index (χ0n) is 14.1. The van der Waals surface area contributed by atoms with Crippen molar-refractivity contribution in [3.05, 3.63) is 59.3 Å². The molecule has 0 radical (unpaired) electrons. The summed E-state index contributed by atoms with van der Waals surface area (Å²) in [6, 6.07) is 8.28. The highest BCUT2D eigenvalue weighted by Gasteiger charge is 2.28. The summed E-state index contributed by atoms with van der Waals surface area (Å²) in [5.74, 6) is -0.262. The number of piperidine rings is 1. The van der Waals surface area contributed by atoms with E-state index in [0.29, 0.717) is 43.8 Å². The van der Waals surface area contributed by atoms with Crippen molar-refractivity contribution in [3.8, 4) is 0 Å². The number of halogens is 1. The monoisotopic (exact) mass is 344 g/mol. The van der Waals surface area contributed by atoms with Crippen molar-refractivity contribution >= 4 is 11.8 Å². The number of aryl methyl sites for hydroxylation is 1. The third kappa shape index (κ3) is 4.07. The van der Waals surface area contributed by atoms with E-state index in [1.807, 2.05) is 6.07 Å². The minimum absolute atomic E-state index is 0.0499. The fourth-order valence-electron chi connectivity index (χ4n) is 2.98. The molecule has 25 heavy (non-hydrogen) atoms. The van der Waals surface area contributed by atoms with Crippen LogP contribution in [0.5, 0.6) is 0 Å².